The minimum atomic E-state index is -0.991. The molecule has 0 aliphatic carbocycles. The van der Waals surface area contributed by atoms with E-state index in [0.29, 0.717) is 35.0 Å². The Bertz CT molecular complexity index is 879. The SMILES string of the molecule is COc1ccc(CC2COC(=O)C2C(O)c2ccc3c(c2)OCO3)cc1OC. The second-order valence-corrected chi connectivity index (χ2v) is 6.87. The maximum atomic E-state index is 12.4. The van der Waals surface area contributed by atoms with Crippen LogP contribution in [0, 0.1) is 11.8 Å². The molecular formula is C21H22O7. The fraction of sp³-hybridized carbons (Fsp3) is 0.381. The van der Waals surface area contributed by atoms with Gasteiger partial charge in [-0.05, 0) is 41.8 Å². The second kappa shape index (κ2) is 7.59. The maximum Gasteiger partial charge on any atom is 0.312 e. The highest BCUT2D eigenvalue weighted by Gasteiger charge is 2.42. The standard InChI is InChI=1S/C21H22O7/c1-24-15-5-3-12(8-17(15)25-2)7-14-10-26-21(23)19(14)20(22)13-4-6-16-18(9-13)28-11-27-16/h3-6,8-9,14,19-20,22H,7,10-11H2,1-2H3. The van der Waals surface area contributed by atoms with Crippen molar-refractivity contribution in [2.45, 2.75) is 12.5 Å². The summed E-state index contributed by atoms with van der Waals surface area (Å²) in [6, 6.07) is 10.8. The Morgan fingerprint density at radius 3 is 2.61 bits per heavy atom. The van der Waals surface area contributed by atoms with E-state index in [2.05, 4.69) is 0 Å². The summed E-state index contributed by atoms with van der Waals surface area (Å²) >= 11 is 0. The highest BCUT2D eigenvalue weighted by Crippen LogP contribution is 2.40. The Morgan fingerprint density at radius 2 is 1.82 bits per heavy atom. The average molecular weight is 386 g/mol. The van der Waals surface area contributed by atoms with Gasteiger partial charge in [-0.3, -0.25) is 4.79 Å². The van der Waals surface area contributed by atoms with E-state index in [1.54, 1.807) is 32.4 Å². The molecule has 7 heteroatoms. The third-order valence-corrected chi connectivity index (χ3v) is 5.24. The summed E-state index contributed by atoms with van der Waals surface area (Å²) in [7, 11) is 3.16. The van der Waals surface area contributed by atoms with Gasteiger partial charge in [-0.2, -0.15) is 0 Å². The fourth-order valence-electron chi connectivity index (χ4n) is 3.77. The van der Waals surface area contributed by atoms with Gasteiger partial charge in [-0.25, -0.2) is 0 Å². The minimum absolute atomic E-state index is 0.155. The van der Waals surface area contributed by atoms with Crippen LogP contribution in [0.3, 0.4) is 0 Å². The van der Waals surface area contributed by atoms with Crippen LogP contribution in [0.25, 0.3) is 0 Å². The maximum absolute atomic E-state index is 12.4. The van der Waals surface area contributed by atoms with E-state index in [4.69, 9.17) is 23.7 Å². The van der Waals surface area contributed by atoms with Crippen molar-refractivity contribution in [3.05, 3.63) is 47.5 Å². The zero-order valence-electron chi connectivity index (χ0n) is 15.7. The van der Waals surface area contributed by atoms with Crippen molar-refractivity contribution in [1.82, 2.24) is 0 Å². The lowest BCUT2D eigenvalue weighted by Gasteiger charge is -2.22. The molecule has 0 aromatic heterocycles. The largest absolute Gasteiger partial charge is 0.493 e. The molecule has 0 bridgehead atoms. The van der Waals surface area contributed by atoms with Crippen molar-refractivity contribution >= 4 is 5.97 Å². The lowest BCUT2D eigenvalue weighted by molar-refractivity contribution is -0.144. The molecule has 0 amide bonds. The quantitative estimate of drug-likeness (QED) is 0.764. The summed E-state index contributed by atoms with van der Waals surface area (Å²) < 4.78 is 26.6. The minimum Gasteiger partial charge on any atom is -0.493 e. The first-order valence-electron chi connectivity index (χ1n) is 9.06. The third kappa shape index (κ3) is 3.33. The zero-order chi connectivity index (χ0) is 19.7. The van der Waals surface area contributed by atoms with Crippen LogP contribution in [0.4, 0.5) is 0 Å². The van der Waals surface area contributed by atoms with Crippen LogP contribution in [0.2, 0.25) is 0 Å². The normalized spacial score (nSPS) is 21.3. The molecule has 0 radical (unpaired) electrons. The number of cyclic esters (lactones) is 1. The predicted octanol–water partition coefficient (Wildman–Crippen LogP) is 2.50. The Labute approximate surface area is 162 Å². The number of fused-ring (bicyclic) bond motifs is 1. The summed E-state index contributed by atoms with van der Waals surface area (Å²) in [6.45, 7) is 0.418. The Balaban J connectivity index is 1.55. The monoisotopic (exact) mass is 386 g/mol. The van der Waals surface area contributed by atoms with Crippen LogP contribution in [0.15, 0.2) is 36.4 Å². The molecule has 2 aliphatic rings. The van der Waals surface area contributed by atoms with Gasteiger partial charge < -0.3 is 28.8 Å². The van der Waals surface area contributed by atoms with Crippen LogP contribution in [0.1, 0.15) is 17.2 Å². The topological polar surface area (TPSA) is 83.5 Å². The molecule has 0 spiro atoms. The smallest absolute Gasteiger partial charge is 0.312 e. The lowest BCUT2D eigenvalue weighted by atomic mass is 9.83. The van der Waals surface area contributed by atoms with Crippen molar-refractivity contribution in [1.29, 1.82) is 0 Å². The number of aliphatic hydroxyl groups is 1. The van der Waals surface area contributed by atoms with Gasteiger partial charge in [0.1, 0.15) is 0 Å². The molecule has 1 N–H and O–H groups in total. The Morgan fingerprint density at radius 1 is 1.04 bits per heavy atom. The number of ether oxygens (including phenoxy) is 5. The van der Waals surface area contributed by atoms with Gasteiger partial charge >= 0.3 is 5.97 Å². The fourth-order valence-corrected chi connectivity index (χ4v) is 3.77. The van der Waals surface area contributed by atoms with Crippen molar-refractivity contribution in [3.63, 3.8) is 0 Å². The van der Waals surface area contributed by atoms with E-state index in [0.717, 1.165) is 5.56 Å². The first-order chi connectivity index (χ1) is 13.6. The third-order valence-electron chi connectivity index (χ3n) is 5.24. The van der Waals surface area contributed by atoms with Crippen LogP contribution in [0.5, 0.6) is 23.0 Å². The highest BCUT2D eigenvalue weighted by atomic mass is 16.7. The van der Waals surface area contributed by atoms with E-state index >= 15 is 0 Å². The molecule has 148 valence electrons. The second-order valence-electron chi connectivity index (χ2n) is 6.87. The number of rotatable bonds is 6. The van der Waals surface area contributed by atoms with E-state index in [-0.39, 0.29) is 19.3 Å². The van der Waals surface area contributed by atoms with Gasteiger partial charge in [0.25, 0.3) is 0 Å². The predicted molar refractivity (Wildman–Crippen MR) is 98.7 cm³/mol. The number of esters is 1. The molecule has 3 atom stereocenters. The van der Waals surface area contributed by atoms with Crippen molar-refractivity contribution in [2.24, 2.45) is 11.8 Å². The van der Waals surface area contributed by atoms with Gasteiger partial charge in [0.15, 0.2) is 23.0 Å². The Kier molecular flexibility index (Phi) is 5.00. The number of methoxy groups -OCH3 is 2. The van der Waals surface area contributed by atoms with Crippen molar-refractivity contribution < 1.29 is 33.6 Å². The number of carbonyl (C=O) groups excluding carboxylic acids is 1. The number of hydrogen-bond acceptors (Lipinski definition) is 7. The van der Waals surface area contributed by atoms with E-state index in [9.17, 15) is 9.90 Å². The van der Waals surface area contributed by atoms with Crippen molar-refractivity contribution in [3.8, 4) is 23.0 Å². The van der Waals surface area contributed by atoms with Gasteiger partial charge in [-0.1, -0.05) is 12.1 Å². The van der Waals surface area contributed by atoms with Crippen LogP contribution in [-0.4, -0.2) is 38.7 Å². The lowest BCUT2D eigenvalue weighted by Crippen LogP contribution is -2.25. The summed E-state index contributed by atoms with van der Waals surface area (Å²) in [4.78, 5) is 12.4. The first kappa shape index (κ1) is 18.4. The number of hydrogen-bond donors (Lipinski definition) is 1. The molecule has 2 aromatic rings. The molecule has 0 saturated carbocycles. The van der Waals surface area contributed by atoms with E-state index in [1.807, 2.05) is 18.2 Å². The molecule has 2 aromatic carbocycles. The van der Waals surface area contributed by atoms with Gasteiger partial charge in [0.2, 0.25) is 6.79 Å². The first-order valence-corrected chi connectivity index (χ1v) is 9.06. The van der Waals surface area contributed by atoms with Crippen LogP contribution >= 0.6 is 0 Å². The molecule has 3 unspecified atom stereocenters. The van der Waals surface area contributed by atoms with E-state index < -0.39 is 18.0 Å². The molecule has 7 nitrogen and oxygen atoms in total. The van der Waals surface area contributed by atoms with Gasteiger partial charge in [0.05, 0.1) is 32.8 Å². The molecule has 28 heavy (non-hydrogen) atoms. The van der Waals surface area contributed by atoms with Crippen LogP contribution in [-0.2, 0) is 16.0 Å². The van der Waals surface area contributed by atoms with Crippen molar-refractivity contribution in [2.75, 3.05) is 27.6 Å². The molecule has 4 rings (SSSR count). The zero-order valence-corrected chi connectivity index (χ0v) is 15.7. The summed E-state index contributed by atoms with van der Waals surface area (Å²) in [5.74, 6) is 1.25. The number of carbonyl (C=O) groups is 1. The molecule has 2 heterocycles. The molecule has 1 fully saturated rings. The number of benzene rings is 2. The molecule has 2 aliphatic heterocycles. The van der Waals surface area contributed by atoms with E-state index in [1.165, 1.54) is 0 Å². The summed E-state index contributed by atoms with van der Waals surface area (Å²) in [5, 5.41) is 10.9. The van der Waals surface area contributed by atoms with Gasteiger partial charge in [0, 0.05) is 5.92 Å². The molecule has 1 saturated heterocycles. The van der Waals surface area contributed by atoms with Gasteiger partial charge in [-0.15, -0.1) is 0 Å². The summed E-state index contributed by atoms with van der Waals surface area (Å²) in [5.41, 5.74) is 1.58. The average Bonchev–Trinajstić information content (AvgIpc) is 3.33. The Hall–Kier alpha value is -2.93. The summed E-state index contributed by atoms with van der Waals surface area (Å²) in [6.07, 6.45) is -0.423. The highest BCUT2D eigenvalue weighted by molar-refractivity contribution is 5.76. The van der Waals surface area contributed by atoms with Crippen LogP contribution < -0.4 is 18.9 Å². The number of aliphatic hydroxyl groups excluding tert-OH is 1. The molecular weight excluding hydrogens is 364 g/mol.